The fourth-order valence-electron chi connectivity index (χ4n) is 2.98. The molecule has 0 unspecified atom stereocenters. The first-order chi connectivity index (χ1) is 12.8. The molecule has 146 valence electrons. The van der Waals surface area contributed by atoms with Gasteiger partial charge < -0.3 is 30.9 Å². The Morgan fingerprint density at radius 2 is 1.96 bits per heavy atom. The van der Waals surface area contributed by atoms with Crippen LogP contribution in [0, 0.1) is 18.8 Å². The van der Waals surface area contributed by atoms with Gasteiger partial charge in [0.15, 0.2) is 0 Å². The lowest BCUT2D eigenvalue weighted by atomic mass is 9.95. The maximum Gasteiger partial charge on any atom is 0.204 e. The van der Waals surface area contributed by atoms with Crippen molar-refractivity contribution < 1.29 is 30.0 Å². The molecule has 9 heteroatoms. The minimum Gasteiger partial charge on any atom is -0.394 e. The van der Waals surface area contributed by atoms with Crippen molar-refractivity contribution in [2.75, 3.05) is 6.61 Å². The van der Waals surface area contributed by atoms with E-state index in [0.717, 1.165) is 16.6 Å². The van der Waals surface area contributed by atoms with Crippen molar-refractivity contribution in [2.24, 2.45) is 12.8 Å². The van der Waals surface area contributed by atoms with Crippen LogP contribution in [0.2, 0.25) is 0 Å². The van der Waals surface area contributed by atoms with Crippen LogP contribution in [0.3, 0.4) is 0 Å². The molecule has 1 amide bonds. The number of para-hydroxylation sites is 1. The summed E-state index contributed by atoms with van der Waals surface area (Å²) in [5.74, 6) is 5.74. The van der Waals surface area contributed by atoms with E-state index in [1.807, 2.05) is 32.2 Å². The first-order valence-electron chi connectivity index (χ1n) is 8.25. The van der Waals surface area contributed by atoms with Crippen LogP contribution in [0.15, 0.2) is 18.2 Å². The van der Waals surface area contributed by atoms with Gasteiger partial charge in [0.25, 0.3) is 0 Å². The average Bonchev–Trinajstić information content (AvgIpc) is 2.95. The van der Waals surface area contributed by atoms with Gasteiger partial charge in [-0.05, 0) is 13.0 Å². The van der Waals surface area contributed by atoms with Gasteiger partial charge in [0.05, 0.1) is 23.4 Å². The first kappa shape index (κ1) is 20.8. The van der Waals surface area contributed by atoms with E-state index in [4.69, 9.17) is 9.53 Å². The summed E-state index contributed by atoms with van der Waals surface area (Å²) >= 11 is 0. The molecule has 0 radical (unpaired) electrons. The standard InChI is InChI=1S/C17H20N2O5.CH3NO/c1-9-11-5-3-4-10(14(11)19(2)18-9)6-7-12-15(21)17(23)16(22)13(8-20)24-12;2-1-3/h3-5,12-13,15-17,20-23H,8H2,1-2H3;1H,(H2,2,3)/t12-,13-,15-,16-,17-;/m1./s1. The van der Waals surface area contributed by atoms with Gasteiger partial charge in [0.1, 0.15) is 30.5 Å². The number of aromatic nitrogens is 2. The number of benzene rings is 1. The van der Waals surface area contributed by atoms with Crippen LogP contribution in [0.25, 0.3) is 10.9 Å². The second-order valence-electron chi connectivity index (χ2n) is 6.07. The molecule has 1 aliphatic rings. The minimum absolute atomic E-state index is 0.250. The van der Waals surface area contributed by atoms with Crippen molar-refractivity contribution >= 4 is 17.3 Å². The number of carbonyl (C=O) groups is 1. The molecule has 5 atom stereocenters. The van der Waals surface area contributed by atoms with Crippen molar-refractivity contribution in [3.8, 4) is 11.8 Å². The molecule has 2 heterocycles. The lowest BCUT2D eigenvalue weighted by Crippen LogP contribution is -2.58. The predicted octanol–water partition coefficient (Wildman–Crippen LogP) is -1.82. The summed E-state index contributed by atoms with van der Waals surface area (Å²) in [5.41, 5.74) is 6.64. The Balaban J connectivity index is 0.000000817. The molecule has 27 heavy (non-hydrogen) atoms. The molecule has 1 aliphatic heterocycles. The van der Waals surface area contributed by atoms with Crippen LogP contribution in [-0.4, -0.2) is 73.7 Å². The van der Waals surface area contributed by atoms with E-state index in [1.165, 1.54) is 0 Å². The van der Waals surface area contributed by atoms with Crippen LogP contribution < -0.4 is 5.73 Å². The van der Waals surface area contributed by atoms with Crippen molar-refractivity contribution in [1.82, 2.24) is 9.78 Å². The van der Waals surface area contributed by atoms with E-state index in [9.17, 15) is 20.4 Å². The number of nitrogens with two attached hydrogens (primary N) is 1. The molecule has 1 aromatic heterocycles. The number of aryl methyl sites for hydroxylation is 2. The Morgan fingerprint density at radius 1 is 1.30 bits per heavy atom. The third kappa shape index (κ3) is 4.27. The topological polar surface area (TPSA) is 151 Å². The highest BCUT2D eigenvalue weighted by molar-refractivity contribution is 5.87. The van der Waals surface area contributed by atoms with Crippen molar-refractivity contribution in [3.05, 3.63) is 29.5 Å². The molecular formula is C18H23N3O6. The quantitative estimate of drug-likeness (QED) is 0.290. The Labute approximate surface area is 156 Å². The fourth-order valence-corrected chi connectivity index (χ4v) is 2.98. The molecule has 9 nitrogen and oxygen atoms in total. The molecular weight excluding hydrogens is 354 g/mol. The summed E-state index contributed by atoms with van der Waals surface area (Å²) in [5, 5.41) is 44.2. The maximum atomic E-state index is 10.0. The Kier molecular flexibility index (Phi) is 6.90. The van der Waals surface area contributed by atoms with Crippen LogP contribution >= 0.6 is 0 Å². The number of fused-ring (bicyclic) bond motifs is 1. The normalized spacial score (nSPS) is 27.3. The van der Waals surface area contributed by atoms with Gasteiger partial charge in [-0.15, -0.1) is 0 Å². The lowest BCUT2D eigenvalue weighted by molar-refractivity contribution is -0.214. The van der Waals surface area contributed by atoms with Crippen LogP contribution in [-0.2, 0) is 16.6 Å². The van der Waals surface area contributed by atoms with Gasteiger partial charge in [-0.1, -0.05) is 24.0 Å². The predicted molar refractivity (Wildman–Crippen MR) is 96.3 cm³/mol. The summed E-state index contributed by atoms with van der Waals surface area (Å²) in [6.07, 6.45) is -5.89. The zero-order chi connectivity index (χ0) is 20.1. The monoisotopic (exact) mass is 377 g/mol. The molecule has 0 spiro atoms. The molecule has 6 N–H and O–H groups in total. The van der Waals surface area contributed by atoms with Crippen molar-refractivity contribution in [3.63, 3.8) is 0 Å². The summed E-state index contributed by atoms with van der Waals surface area (Å²) in [6.45, 7) is 1.44. The van der Waals surface area contributed by atoms with Crippen molar-refractivity contribution in [1.29, 1.82) is 0 Å². The number of hydrogen-bond acceptors (Lipinski definition) is 7. The third-order valence-corrected chi connectivity index (χ3v) is 4.29. The van der Waals surface area contributed by atoms with Gasteiger partial charge in [0, 0.05) is 12.4 Å². The Morgan fingerprint density at radius 3 is 2.59 bits per heavy atom. The molecule has 3 rings (SSSR count). The van der Waals surface area contributed by atoms with E-state index in [1.54, 1.807) is 4.68 Å². The largest absolute Gasteiger partial charge is 0.394 e. The Bertz CT molecular complexity index is 854. The smallest absolute Gasteiger partial charge is 0.204 e. The zero-order valence-corrected chi connectivity index (χ0v) is 15.0. The van der Waals surface area contributed by atoms with Gasteiger partial charge in [-0.3, -0.25) is 9.48 Å². The minimum atomic E-state index is -1.43. The van der Waals surface area contributed by atoms with E-state index < -0.39 is 37.1 Å². The van der Waals surface area contributed by atoms with Gasteiger partial charge in [0.2, 0.25) is 6.41 Å². The zero-order valence-electron chi connectivity index (χ0n) is 15.0. The molecule has 0 bridgehead atoms. The molecule has 0 aliphatic carbocycles. The number of nitrogens with zero attached hydrogens (tertiary/aromatic N) is 2. The van der Waals surface area contributed by atoms with Gasteiger partial charge >= 0.3 is 0 Å². The van der Waals surface area contributed by atoms with Gasteiger partial charge in [-0.25, -0.2) is 0 Å². The van der Waals surface area contributed by atoms with E-state index in [2.05, 4.69) is 22.7 Å². The lowest BCUT2D eigenvalue weighted by Gasteiger charge is -2.37. The number of primary amides is 1. The molecule has 2 aromatic rings. The Hall–Kier alpha value is -2.48. The maximum absolute atomic E-state index is 10.0. The molecule has 1 saturated heterocycles. The molecule has 1 fully saturated rings. The van der Waals surface area contributed by atoms with E-state index in [-0.39, 0.29) is 6.41 Å². The van der Waals surface area contributed by atoms with Crippen LogP contribution in [0.5, 0.6) is 0 Å². The number of rotatable bonds is 1. The average molecular weight is 377 g/mol. The van der Waals surface area contributed by atoms with E-state index in [0.29, 0.717) is 5.56 Å². The second-order valence-corrected chi connectivity index (χ2v) is 6.07. The first-order valence-corrected chi connectivity index (χ1v) is 8.25. The number of carbonyl (C=O) groups excluding carboxylic acids is 1. The fraction of sp³-hybridized carbons (Fsp3) is 0.444. The van der Waals surface area contributed by atoms with Gasteiger partial charge in [-0.2, -0.15) is 5.10 Å². The summed E-state index contributed by atoms with van der Waals surface area (Å²) < 4.78 is 7.13. The number of aliphatic hydroxyl groups excluding tert-OH is 4. The molecule has 1 aromatic carbocycles. The number of aliphatic hydroxyl groups is 4. The number of ether oxygens (including phenoxy) is 1. The van der Waals surface area contributed by atoms with E-state index >= 15 is 0 Å². The summed E-state index contributed by atoms with van der Waals surface area (Å²) in [6, 6.07) is 5.66. The molecule has 0 saturated carbocycles. The second kappa shape index (κ2) is 8.94. The highest BCUT2D eigenvalue weighted by Gasteiger charge is 2.42. The highest BCUT2D eigenvalue weighted by Crippen LogP contribution is 2.23. The summed E-state index contributed by atoms with van der Waals surface area (Å²) in [7, 11) is 1.83. The number of hydrogen-bond donors (Lipinski definition) is 5. The van der Waals surface area contributed by atoms with Crippen molar-refractivity contribution in [2.45, 2.75) is 37.4 Å². The SMILES string of the molecule is Cc1nn(C)c2c(C#C[C@H]3O[C@H](CO)[C@@H](O)[C@H](O)[C@@H]3O)cccc12.NC=O. The highest BCUT2D eigenvalue weighted by atomic mass is 16.5. The van der Waals surface area contributed by atoms with Crippen LogP contribution in [0.1, 0.15) is 11.3 Å². The summed E-state index contributed by atoms with van der Waals surface area (Å²) in [4.78, 5) is 8.58. The number of amides is 1. The third-order valence-electron chi connectivity index (χ3n) is 4.29. The van der Waals surface area contributed by atoms with Crippen LogP contribution in [0.4, 0.5) is 0 Å².